The predicted molar refractivity (Wildman–Crippen MR) is 175 cm³/mol. The van der Waals surface area contributed by atoms with E-state index >= 15 is 0 Å². The molecule has 4 atom stereocenters. The fourth-order valence-corrected chi connectivity index (χ4v) is 6.44. The van der Waals surface area contributed by atoms with Crippen LogP contribution >= 0.6 is 23.2 Å². The average Bonchev–Trinajstić information content (AvgIpc) is 3.46. The fraction of sp³-hybridized carbons (Fsp3) is 0.645. The minimum atomic E-state index is -0.962. The van der Waals surface area contributed by atoms with Crippen LogP contribution in [0.1, 0.15) is 79.4 Å². The Bertz CT molecular complexity index is 1370. The highest BCUT2D eigenvalue weighted by Crippen LogP contribution is 2.37. The zero-order chi connectivity index (χ0) is 34.3. The maximum absolute atomic E-state index is 14.9. The third-order valence-corrected chi connectivity index (χ3v) is 8.67. The quantitative estimate of drug-likeness (QED) is 0.370. The van der Waals surface area contributed by atoms with Gasteiger partial charge in [0, 0.05) is 24.0 Å². The maximum Gasteiger partial charge on any atom is 0.307 e. The lowest BCUT2D eigenvalue weighted by Crippen LogP contribution is -2.57. The Kier molecular flexibility index (Phi) is 10.5. The smallest absolute Gasteiger partial charge is 0.307 e. The molecule has 2 aromatic heterocycles. The molecule has 0 aromatic carbocycles. The van der Waals surface area contributed by atoms with Gasteiger partial charge in [0.05, 0.1) is 13.1 Å². The Balaban J connectivity index is 1.85. The summed E-state index contributed by atoms with van der Waals surface area (Å²) in [6.45, 7) is 15.8. The highest BCUT2D eigenvalue weighted by molar-refractivity contribution is 6.30. The molecule has 0 N–H and O–H groups in total. The van der Waals surface area contributed by atoms with E-state index in [2.05, 4.69) is 20.4 Å². The summed E-state index contributed by atoms with van der Waals surface area (Å²) in [5.74, 6) is -0.487. The minimum Gasteiger partial charge on any atom is -0.440 e. The molecule has 4 rings (SSSR count). The van der Waals surface area contributed by atoms with Crippen molar-refractivity contribution in [2.45, 2.75) is 104 Å². The highest BCUT2D eigenvalue weighted by Gasteiger charge is 2.53. The summed E-state index contributed by atoms with van der Waals surface area (Å²) in [7, 11) is 3.55. The molecule has 0 aliphatic carbocycles. The van der Waals surface area contributed by atoms with Crippen LogP contribution in [0.2, 0.25) is 10.3 Å². The first-order chi connectivity index (χ1) is 21.4. The molecule has 2 aliphatic rings. The van der Waals surface area contributed by atoms with Crippen molar-refractivity contribution in [3.8, 4) is 0 Å². The molecule has 13 nitrogen and oxygen atoms in total. The van der Waals surface area contributed by atoms with Gasteiger partial charge < -0.3 is 9.47 Å². The molecular weight excluding hydrogens is 635 g/mol. The molecule has 2 aromatic rings. The van der Waals surface area contributed by atoms with Crippen LogP contribution in [0, 0.1) is 0 Å². The van der Waals surface area contributed by atoms with Gasteiger partial charge in [0.25, 0.3) is 0 Å². The molecule has 0 amide bonds. The van der Waals surface area contributed by atoms with E-state index in [1.165, 1.54) is 0 Å². The van der Waals surface area contributed by atoms with Crippen LogP contribution in [0.25, 0.3) is 0 Å². The Morgan fingerprint density at radius 3 is 1.37 bits per heavy atom. The normalized spacial score (nSPS) is 22.8. The topological polar surface area (TPSA) is 134 Å². The van der Waals surface area contributed by atoms with Crippen molar-refractivity contribution in [3.05, 3.63) is 33.6 Å². The summed E-state index contributed by atoms with van der Waals surface area (Å²) in [6.07, 6.45) is -3.30. The summed E-state index contributed by atoms with van der Waals surface area (Å²) < 4.78 is 11.7. The van der Waals surface area contributed by atoms with E-state index in [1.54, 1.807) is 59.7 Å². The molecule has 0 spiro atoms. The molecule has 46 heavy (non-hydrogen) atoms. The number of hydrogen-bond donors (Lipinski definition) is 0. The second-order valence-electron chi connectivity index (χ2n) is 13.8. The molecule has 4 heterocycles. The lowest BCUT2D eigenvalue weighted by Gasteiger charge is -2.36. The molecule has 2 fully saturated rings. The van der Waals surface area contributed by atoms with Gasteiger partial charge in [0.15, 0.2) is 46.7 Å². The first-order valence-corrected chi connectivity index (χ1v) is 16.1. The molecule has 0 radical (unpaired) electrons. The van der Waals surface area contributed by atoms with Crippen molar-refractivity contribution in [3.63, 3.8) is 0 Å². The van der Waals surface area contributed by atoms with Crippen LogP contribution in [0.15, 0.2) is 12.1 Å². The van der Waals surface area contributed by atoms with Crippen LogP contribution in [0.3, 0.4) is 0 Å². The first-order valence-electron chi connectivity index (χ1n) is 15.4. The van der Waals surface area contributed by atoms with Gasteiger partial charge in [-0.15, -0.1) is 20.4 Å². The van der Waals surface area contributed by atoms with Gasteiger partial charge in [-0.25, -0.2) is 0 Å². The summed E-state index contributed by atoms with van der Waals surface area (Å²) in [5.41, 5.74) is 0.661. The largest absolute Gasteiger partial charge is 0.440 e. The van der Waals surface area contributed by atoms with E-state index < -0.39 is 36.7 Å². The molecule has 2 saturated heterocycles. The number of likely N-dealkylation sites (N-methyl/N-ethyl adjacent to an activating group) is 2. The van der Waals surface area contributed by atoms with Crippen molar-refractivity contribution in [1.29, 1.82) is 0 Å². The number of ketones is 1. The summed E-state index contributed by atoms with van der Waals surface area (Å²) in [5, 5.41) is 17.6. The van der Waals surface area contributed by atoms with Gasteiger partial charge in [0.1, 0.15) is 0 Å². The highest BCUT2D eigenvalue weighted by atomic mass is 35.5. The Morgan fingerprint density at radius 1 is 0.717 bits per heavy atom. The van der Waals surface area contributed by atoms with Gasteiger partial charge in [-0.3, -0.25) is 34.0 Å². The van der Waals surface area contributed by atoms with E-state index in [4.69, 9.17) is 32.7 Å². The number of carbonyl (C=O) groups excluding carboxylic acids is 3. The van der Waals surface area contributed by atoms with Crippen molar-refractivity contribution >= 4 is 52.6 Å². The number of hydrogen-bond acceptors (Lipinski definition) is 13. The molecule has 0 bridgehead atoms. The van der Waals surface area contributed by atoms with E-state index in [-0.39, 0.29) is 52.9 Å². The summed E-state index contributed by atoms with van der Waals surface area (Å²) in [4.78, 5) is 47.0. The van der Waals surface area contributed by atoms with Gasteiger partial charge in [-0.05, 0) is 37.1 Å². The van der Waals surface area contributed by atoms with Gasteiger partial charge in [-0.2, -0.15) is 0 Å². The number of carbonyl (C=O) groups is 3. The maximum atomic E-state index is 14.9. The van der Waals surface area contributed by atoms with Gasteiger partial charge >= 0.3 is 11.9 Å². The Hall–Kier alpha value is -3.13. The summed E-state index contributed by atoms with van der Waals surface area (Å²) in [6, 6.07) is 3.56. The number of ether oxygens (including phenoxy) is 2. The van der Waals surface area contributed by atoms with Gasteiger partial charge in [0.2, 0.25) is 5.78 Å². The third kappa shape index (κ3) is 7.22. The third-order valence-electron chi connectivity index (χ3n) is 8.11. The Labute approximate surface area is 280 Å². The van der Waals surface area contributed by atoms with Crippen molar-refractivity contribution in [1.82, 2.24) is 30.2 Å². The number of nitrogens with zero attached hydrogens (tertiary/aromatic N) is 8. The van der Waals surface area contributed by atoms with E-state index in [1.807, 2.05) is 41.5 Å². The van der Waals surface area contributed by atoms with Crippen molar-refractivity contribution in [2.75, 3.05) is 37.0 Å². The Morgan fingerprint density at radius 2 is 1.07 bits per heavy atom. The number of halogens is 2. The van der Waals surface area contributed by atoms with Crippen LogP contribution in [-0.4, -0.2) is 99.9 Å². The molecule has 252 valence electrons. The zero-order valence-corrected chi connectivity index (χ0v) is 29.7. The predicted octanol–water partition coefficient (Wildman–Crippen LogP) is 4.15. The molecule has 0 saturated carbocycles. The van der Waals surface area contributed by atoms with Crippen LogP contribution < -0.4 is 9.80 Å². The standard InChI is InChI=1S/C31H44Cl2N8O5/c1-11-23(42)45-21-15-38(9)28(40(21)19-13-17(30(3,4)5)26(32)36-34-19)25(44)29-39(10)16-22(46-24(43)12-2)41(29)20-14-18(31(6,7)8)27(33)37-35-20/h13-14,21-22,28-29H,11-12,15-16H2,1-10H3. The number of esters is 2. The second kappa shape index (κ2) is 13.5. The lowest BCUT2D eigenvalue weighted by atomic mass is 9.88. The minimum absolute atomic E-state index is 0.154. The van der Waals surface area contributed by atoms with Crippen LogP contribution in [-0.2, 0) is 34.7 Å². The SMILES string of the molecule is CCC(=O)OC1CN(C)C(C(=O)C2N(C)CC(OC(=O)CC)N2c2cc(C(C)(C)C)c(Cl)nn2)N1c1cc(C(C)(C)C)c(Cl)nn1. The molecule has 2 aliphatic heterocycles. The fourth-order valence-electron chi connectivity index (χ4n) is 5.69. The molecular formula is C31H44Cl2N8O5. The number of aromatic nitrogens is 4. The number of rotatable bonds is 8. The van der Waals surface area contributed by atoms with E-state index in [0.29, 0.717) is 11.6 Å². The molecule has 4 unspecified atom stereocenters. The first kappa shape index (κ1) is 35.7. The average molecular weight is 680 g/mol. The van der Waals surface area contributed by atoms with Crippen molar-refractivity contribution in [2.24, 2.45) is 0 Å². The number of anilines is 2. The van der Waals surface area contributed by atoms with Gasteiger partial charge in [-0.1, -0.05) is 78.6 Å². The lowest BCUT2D eigenvalue weighted by molar-refractivity contribution is -0.148. The van der Waals surface area contributed by atoms with E-state index in [9.17, 15) is 14.4 Å². The molecule has 15 heteroatoms. The van der Waals surface area contributed by atoms with Crippen LogP contribution in [0.5, 0.6) is 0 Å². The zero-order valence-electron chi connectivity index (χ0n) is 28.2. The summed E-state index contributed by atoms with van der Waals surface area (Å²) >= 11 is 12.9. The van der Waals surface area contributed by atoms with Crippen molar-refractivity contribution < 1.29 is 23.9 Å². The number of Topliss-reactive ketones (excluding diaryl/α,β-unsaturated/α-hetero) is 1. The van der Waals surface area contributed by atoms with Crippen LogP contribution in [0.4, 0.5) is 11.6 Å². The second-order valence-corrected chi connectivity index (χ2v) is 14.5. The van der Waals surface area contributed by atoms with E-state index in [0.717, 1.165) is 11.1 Å². The monoisotopic (exact) mass is 678 g/mol.